The van der Waals surface area contributed by atoms with E-state index in [1.165, 1.54) is 6.07 Å². The van der Waals surface area contributed by atoms with Gasteiger partial charge in [-0.2, -0.15) is 0 Å². The second-order valence-corrected chi connectivity index (χ2v) is 7.31. The van der Waals surface area contributed by atoms with Gasteiger partial charge in [-0.05, 0) is 56.1 Å². The van der Waals surface area contributed by atoms with Gasteiger partial charge in [0.1, 0.15) is 23.1 Å². The van der Waals surface area contributed by atoms with E-state index in [9.17, 15) is 9.18 Å². The van der Waals surface area contributed by atoms with Gasteiger partial charge in [0, 0.05) is 19.4 Å². The van der Waals surface area contributed by atoms with Crippen LogP contribution in [0, 0.1) is 5.82 Å². The number of benzene rings is 2. The fraction of sp³-hybridized carbons (Fsp3) is 0.292. The van der Waals surface area contributed by atoms with E-state index >= 15 is 0 Å². The zero-order valence-electron chi connectivity index (χ0n) is 17.5. The highest BCUT2D eigenvalue weighted by molar-refractivity contribution is 5.76. The second-order valence-electron chi connectivity index (χ2n) is 7.31. The van der Waals surface area contributed by atoms with Crippen LogP contribution in [0.2, 0.25) is 0 Å². The largest absolute Gasteiger partial charge is 0.497 e. The number of carbonyl (C=O) groups excluding carboxylic acids is 1. The molecule has 1 amide bonds. The summed E-state index contributed by atoms with van der Waals surface area (Å²) >= 11 is 0. The van der Waals surface area contributed by atoms with Crippen LogP contribution in [0.5, 0.6) is 5.75 Å². The van der Waals surface area contributed by atoms with Crippen LogP contribution in [0.25, 0.3) is 11.3 Å². The first-order valence-corrected chi connectivity index (χ1v) is 9.88. The molecule has 1 unspecified atom stereocenters. The maximum atomic E-state index is 13.9. The van der Waals surface area contributed by atoms with Gasteiger partial charge in [-0.15, -0.1) is 0 Å². The first-order chi connectivity index (χ1) is 14.5. The third-order valence-electron chi connectivity index (χ3n) is 4.99. The SMILES string of the molecule is COc1cccc(C(CNC(=O)CCc2ccc(-c3ccccc3F)o2)N(C)C)c1. The lowest BCUT2D eigenvalue weighted by atomic mass is 10.1. The van der Waals surface area contributed by atoms with Crippen LogP contribution in [0.3, 0.4) is 0 Å². The van der Waals surface area contributed by atoms with E-state index in [2.05, 4.69) is 10.2 Å². The van der Waals surface area contributed by atoms with Crippen molar-refractivity contribution in [2.75, 3.05) is 27.7 Å². The minimum Gasteiger partial charge on any atom is -0.497 e. The summed E-state index contributed by atoms with van der Waals surface area (Å²) in [5.74, 6) is 1.51. The predicted octanol–water partition coefficient (Wildman–Crippen LogP) is 4.45. The molecule has 0 fully saturated rings. The normalized spacial score (nSPS) is 12.0. The maximum Gasteiger partial charge on any atom is 0.220 e. The quantitative estimate of drug-likeness (QED) is 0.566. The number of aryl methyl sites for hydroxylation is 1. The number of likely N-dealkylation sites (N-methyl/N-ethyl adjacent to an activating group) is 1. The molecule has 1 atom stereocenters. The summed E-state index contributed by atoms with van der Waals surface area (Å²) in [6.07, 6.45) is 0.745. The van der Waals surface area contributed by atoms with Crippen molar-refractivity contribution in [2.45, 2.75) is 18.9 Å². The van der Waals surface area contributed by atoms with Gasteiger partial charge in [0.2, 0.25) is 5.91 Å². The van der Waals surface area contributed by atoms with Crippen LogP contribution in [-0.4, -0.2) is 38.6 Å². The zero-order valence-corrected chi connectivity index (χ0v) is 17.5. The van der Waals surface area contributed by atoms with Crippen molar-refractivity contribution in [1.82, 2.24) is 10.2 Å². The number of furan rings is 1. The lowest BCUT2D eigenvalue weighted by molar-refractivity contribution is -0.121. The molecule has 0 spiro atoms. The van der Waals surface area contributed by atoms with Crippen molar-refractivity contribution in [3.8, 4) is 17.1 Å². The highest BCUT2D eigenvalue weighted by atomic mass is 19.1. The zero-order chi connectivity index (χ0) is 21.5. The first kappa shape index (κ1) is 21.6. The van der Waals surface area contributed by atoms with E-state index in [4.69, 9.17) is 9.15 Å². The number of nitrogens with one attached hydrogen (secondary N) is 1. The van der Waals surface area contributed by atoms with E-state index in [1.54, 1.807) is 37.4 Å². The van der Waals surface area contributed by atoms with E-state index < -0.39 is 0 Å². The summed E-state index contributed by atoms with van der Waals surface area (Å²) in [6, 6.07) is 17.8. The number of hydrogen-bond acceptors (Lipinski definition) is 4. The van der Waals surface area contributed by atoms with Crippen molar-refractivity contribution >= 4 is 5.91 Å². The van der Waals surface area contributed by atoms with Crippen LogP contribution in [0.15, 0.2) is 65.1 Å². The van der Waals surface area contributed by atoms with Crippen molar-refractivity contribution in [1.29, 1.82) is 0 Å². The maximum absolute atomic E-state index is 13.9. The number of amides is 1. The molecule has 30 heavy (non-hydrogen) atoms. The molecule has 1 N–H and O–H groups in total. The van der Waals surface area contributed by atoms with Crippen molar-refractivity contribution in [3.05, 3.63) is 77.8 Å². The van der Waals surface area contributed by atoms with Gasteiger partial charge < -0.3 is 19.4 Å². The third-order valence-corrected chi connectivity index (χ3v) is 4.99. The van der Waals surface area contributed by atoms with Crippen LogP contribution in [0.4, 0.5) is 4.39 Å². The Morgan fingerprint density at radius 3 is 2.67 bits per heavy atom. The molecular weight excluding hydrogens is 383 g/mol. The molecule has 0 aliphatic rings. The van der Waals surface area contributed by atoms with Gasteiger partial charge in [0.25, 0.3) is 0 Å². The lowest BCUT2D eigenvalue weighted by Gasteiger charge is -2.25. The molecule has 0 aliphatic heterocycles. The third kappa shape index (κ3) is 5.48. The number of ether oxygens (including phenoxy) is 1. The van der Waals surface area contributed by atoms with Gasteiger partial charge in [0.05, 0.1) is 18.7 Å². The van der Waals surface area contributed by atoms with Gasteiger partial charge in [-0.1, -0.05) is 24.3 Å². The Labute approximate surface area is 176 Å². The summed E-state index contributed by atoms with van der Waals surface area (Å²) in [5.41, 5.74) is 1.49. The second kappa shape index (κ2) is 10.1. The van der Waals surface area contributed by atoms with Crippen molar-refractivity contribution in [3.63, 3.8) is 0 Å². The molecule has 3 aromatic rings. The number of carbonyl (C=O) groups is 1. The summed E-state index contributed by atoms with van der Waals surface area (Å²) < 4.78 is 24.9. The van der Waals surface area contributed by atoms with E-state index in [1.807, 2.05) is 38.4 Å². The number of methoxy groups -OCH3 is 1. The molecule has 0 aliphatic carbocycles. The summed E-state index contributed by atoms with van der Waals surface area (Å²) in [6.45, 7) is 0.484. The van der Waals surface area contributed by atoms with E-state index in [0.29, 0.717) is 36.5 Å². The smallest absolute Gasteiger partial charge is 0.220 e. The molecule has 0 bridgehead atoms. The van der Waals surface area contributed by atoms with Gasteiger partial charge in [-0.3, -0.25) is 4.79 Å². The van der Waals surface area contributed by atoms with Gasteiger partial charge in [-0.25, -0.2) is 4.39 Å². The molecule has 0 radical (unpaired) electrons. The average Bonchev–Trinajstić information content (AvgIpc) is 3.21. The molecule has 1 heterocycles. The number of halogens is 1. The predicted molar refractivity (Wildman–Crippen MR) is 115 cm³/mol. The fourth-order valence-electron chi connectivity index (χ4n) is 3.30. The Kier molecular flexibility index (Phi) is 7.25. The van der Waals surface area contributed by atoms with Crippen LogP contribution < -0.4 is 10.1 Å². The standard InChI is InChI=1S/C24H27FN2O3/c1-27(2)22(17-7-6-8-19(15-17)29-3)16-26-24(28)14-12-18-11-13-23(30-18)20-9-4-5-10-21(20)25/h4-11,13,15,22H,12,14,16H2,1-3H3,(H,26,28). The molecule has 0 saturated carbocycles. The van der Waals surface area contributed by atoms with E-state index in [-0.39, 0.29) is 17.8 Å². The van der Waals surface area contributed by atoms with Gasteiger partial charge in [0.15, 0.2) is 0 Å². The molecular formula is C24H27FN2O3. The fourth-order valence-corrected chi connectivity index (χ4v) is 3.30. The number of hydrogen-bond donors (Lipinski definition) is 1. The molecule has 5 nitrogen and oxygen atoms in total. The van der Waals surface area contributed by atoms with Gasteiger partial charge >= 0.3 is 0 Å². The highest BCUT2D eigenvalue weighted by Crippen LogP contribution is 2.25. The topological polar surface area (TPSA) is 54.7 Å². The van der Waals surface area contributed by atoms with Crippen LogP contribution in [0.1, 0.15) is 23.8 Å². The number of nitrogens with zero attached hydrogens (tertiary/aromatic N) is 1. The molecule has 6 heteroatoms. The minimum atomic E-state index is -0.330. The Balaban J connectivity index is 1.55. The van der Waals surface area contributed by atoms with E-state index in [0.717, 1.165) is 11.3 Å². The molecule has 1 aromatic heterocycles. The lowest BCUT2D eigenvalue weighted by Crippen LogP contribution is -2.34. The number of rotatable bonds is 9. The van der Waals surface area contributed by atoms with Crippen molar-refractivity contribution < 1.29 is 18.3 Å². The Morgan fingerprint density at radius 2 is 1.93 bits per heavy atom. The molecule has 2 aromatic carbocycles. The molecule has 3 rings (SSSR count). The average molecular weight is 410 g/mol. The van der Waals surface area contributed by atoms with Crippen LogP contribution in [-0.2, 0) is 11.2 Å². The minimum absolute atomic E-state index is 0.0281. The molecule has 158 valence electrons. The summed E-state index contributed by atoms with van der Waals surface area (Å²) in [7, 11) is 5.59. The first-order valence-electron chi connectivity index (χ1n) is 9.88. The summed E-state index contributed by atoms with van der Waals surface area (Å²) in [4.78, 5) is 14.4. The van der Waals surface area contributed by atoms with Crippen molar-refractivity contribution in [2.24, 2.45) is 0 Å². The van der Waals surface area contributed by atoms with Crippen LogP contribution >= 0.6 is 0 Å². The monoisotopic (exact) mass is 410 g/mol. The Bertz CT molecular complexity index is 984. The highest BCUT2D eigenvalue weighted by Gasteiger charge is 2.16. The Morgan fingerprint density at radius 1 is 1.13 bits per heavy atom. The Hall–Kier alpha value is -3.12. The molecule has 0 saturated heterocycles. The summed E-state index contributed by atoms with van der Waals surface area (Å²) in [5, 5.41) is 2.99.